The first kappa shape index (κ1) is 15.0. The number of carbonyl (C=O) groups excluding carboxylic acids is 1. The van der Waals surface area contributed by atoms with Crippen molar-refractivity contribution in [3.05, 3.63) is 29.8 Å². The van der Waals surface area contributed by atoms with Gasteiger partial charge in [-0.15, -0.1) is 0 Å². The molecule has 1 aromatic carbocycles. The fourth-order valence-corrected chi connectivity index (χ4v) is 1.38. The van der Waals surface area contributed by atoms with Crippen LogP contribution < -0.4 is 10.6 Å². The number of hydrogen-bond acceptors (Lipinski definition) is 3. The molecule has 1 rings (SSSR count). The number of carbonyl (C=O) groups is 2. The largest absolute Gasteiger partial charge is 0.481 e. The highest BCUT2D eigenvalue weighted by molar-refractivity contribution is 5.89. The van der Waals surface area contributed by atoms with Gasteiger partial charge in [-0.1, -0.05) is 12.1 Å². The molecular weight excluding hydrogens is 248 g/mol. The molecule has 0 saturated heterocycles. The molecule has 6 nitrogen and oxygen atoms in total. The maximum atomic E-state index is 11.5. The summed E-state index contributed by atoms with van der Waals surface area (Å²) in [6.07, 6.45) is -0.0821. The molecule has 1 atom stereocenters. The van der Waals surface area contributed by atoms with Crippen LogP contribution >= 0.6 is 0 Å². The molecule has 0 radical (unpaired) electrons. The first-order chi connectivity index (χ1) is 9.01. The molecule has 0 fully saturated rings. The molecule has 3 N–H and O–H groups in total. The van der Waals surface area contributed by atoms with E-state index in [2.05, 4.69) is 10.6 Å². The molecule has 2 amide bonds. The molecule has 0 aliphatic heterocycles. The van der Waals surface area contributed by atoms with E-state index in [9.17, 15) is 9.59 Å². The number of aliphatic carboxylic acids is 1. The van der Waals surface area contributed by atoms with E-state index >= 15 is 0 Å². The summed E-state index contributed by atoms with van der Waals surface area (Å²) >= 11 is 0. The summed E-state index contributed by atoms with van der Waals surface area (Å²) in [5.41, 5.74) is 1.29. The fraction of sp³-hybridized carbons (Fsp3) is 0.385. The Morgan fingerprint density at radius 2 is 1.95 bits per heavy atom. The first-order valence-electron chi connectivity index (χ1n) is 5.89. The number of ether oxygens (including phenoxy) is 1. The standard InChI is InChI=1S/C13H18N2O4/c1-9(19-2)8-14-13(18)15-11-5-3-10(4-6-11)7-12(16)17/h3-6,9H,7-8H2,1-2H3,(H,16,17)(H2,14,15,18). The van der Waals surface area contributed by atoms with Crippen molar-refractivity contribution < 1.29 is 19.4 Å². The van der Waals surface area contributed by atoms with Gasteiger partial charge >= 0.3 is 12.0 Å². The van der Waals surface area contributed by atoms with E-state index in [1.165, 1.54) is 0 Å². The molecule has 0 heterocycles. The second kappa shape index (κ2) is 7.38. The molecular formula is C13H18N2O4. The second-order valence-electron chi connectivity index (χ2n) is 4.15. The minimum Gasteiger partial charge on any atom is -0.481 e. The van der Waals surface area contributed by atoms with Gasteiger partial charge < -0.3 is 20.5 Å². The number of carboxylic acid groups (broad SMARTS) is 1. The molecule has 0 aromatic heterocycles. The van der Waals surface area contributed by atoms with Crippen LogP contribution in [0.5, 0.6) is 0 Å². The lowest BCUT2D eigenvalue weighted by Crippen LogP contribution is -2.34. The number of rotatable bonds is 6. The predicted octanol–water partition coefficient (Wildman–Crippen LogP) is 1.47. The van der Waals surface area contributed by atoms with Gasteiger partial charge in [-0.2, -0.15) is 0 Å². The smallest absolute Gasteiger partial charge is 0.319 e. The van der Waals surface area contributed by atoms with Crippen LogP contribution in [0.1, 0.15) is 12.5 Å². The van der Waals surface area contributed by atoms with Crippen molar-refractivity contribution in [2.75, 3.05) is 19.0 Å². The summed E-state index contributed by atoms with van der Waals surface area (Å²) < 4.78 is 5.01. The van der Waals surface area contributed by atoms with Crippen molar-refractivity contribution in [3.8, 4) is 0 Å². The minimum atomic E-state index is -0.882. The van der Waals surface area contributed by atoms with Crippen molar-refractivity contribution in [2.24, 2.45) is 0 Å². The summed E-state index contributed by atoms with van der Waals surface area (Å²) in [6.45, 7) is 2.26. The SMILES string of the molecule is COC(C)CNC(=O)Nc1ccc(CC(=O)O)cc1. The third-order valence-corrected chi connectivity index (χ3v) is 2.52. The fourth-order valence-electron chi connectivity index (χ4n) is 1.38. The van der Waals surface area contributed by atoms with Gasteiger partial charge in [0.25, 0.3) is 0 Å². The Morgan fingerprint density at radius 3 is 2.47 bits per heavy atom. The van der Waals surface area contributed by atoms with Gasteiger partial charge in [0.15, 0.2) is 0 Å². The lowest BCUT2D eigenvalue weighted by Gasteiger charge is -2.11. The summed E-state index contributed by atoms with van der Waals surface area (Å²) in [6, 6.07) is 6.34. The topological polar surface area (TPSA) is 87.7 Å². The van der Waals surface area contributed by atoms with Gasteiger partial charge in [-0.05, 0) is 24.6 Å². The first-order valence-corrected chi connectivity index (χ1v) is 5.89. The van der Waals surface area contributed by atoms with Gasteiger partial charge in [-0.25, -0.2) is 4.79 Å². The van der Waals surface area contributed by atoms with E-state index in [0.717, 1.165) is 0 Å². The zero-order chi connectivity index (χ0) is 14.3. The third-order valence-electron chi connectivity index (χ3n) is 2.52. The number of anilines is 1. The molecule has 1 unspecified atom stereocenters. The zero-order valence-corrected chi connectivity index (χ0v) is 11.0. The maximum absolute atomic E-state index is 11.5. The minimum absolute atomic E-state index is 0.0299. The van der Waals surface area contributed by atoms with Gasteiger partial charge in [0.1, 0.15) is 0 Å². The van der Waals surface area contributed by atoms with E-state index in [1.807, 2.05) is 6.92 Å². The van der Waals surface area contributed by atoms with Crippen LogP contribution in [0, 0.1) is 0 Å². The third kappa shape index (κ3) is 5.87. The van der Waals surface area contributed by atoms with Crippen LogP contribution in [0.4, 0.5) is 10.5 Å². The van der Waals surface area contributed by atoms with Gasteiger partial charge in [0.05, 0.1) is 12.5 Å². The molecule has 0 aliphatic carbocycles. The average molecular weight is 266 g/mol. The molecule has 6 heteroatoms. The van der Waals surface area contributed by atoms with E-state index in [4.69, 9.17) is 9.84 Å². The van der Waals surface area contributed by atoms with Crippen LogP contribution in [-0.4, -0.2) is 36.9 Å². The van der Waals surface area contributed by atoms with E-state index in [-0.39, 0.29) is 18.6 Å². The summed E-state index contributed by atoms with van der Waals surface area (Å²) in [7, 11) is 1.57. The lowest BCUT2D eigenvalue weighted by atomic mass is 10.1. The normalized spacial score (nSPS) is 11.7. The average Bonchev–Trinajstić information content (AvgIpc) is 2.37. The van der Waals surface area contributed by atoms with Crippen LogP contribution in [0.25, 0.3) is 0 Å². The van der Waals surface area contributed by atoms with E-state index in [1.54, 1.807) is 31.4 Å². The van der Waals surface area contributed by atoms with Gasteiger partial charge in [0, 0.05) is 19.3 Å². The van der Waals surface area contributed by atoms with Crippen molar-refractivity contribution in [2.45, 2.75) is 19.4 Å². The van der Waals surface area contributed by atoms with Crippen LogP contribution in [0.15, 0.2) is 24.3 Å². The number of hydrogen-bond donors (Lipinski definition) is 3. The Labute approximate surface area is 111 Å². The van der Waals surface area contributed by atoms with E-state index < -0.39 is 5.97 Å². The van der Waals surface area contributed by atoms with Crippen LogP contribution in [0.3, 0.4) is 0 Å². The molecule has 0 saturated carbocycles. The van der Waals surface area contributed by atoms with Crippen LogP contribution in [0.2, 0.25) is 0 Å². The lowest BCUT2D eigenvalue weighted by molar-refractivity contribution is -0.136. The highest BCUT2D eigenvalue weighted by Crippen LogP contribution is 2.09. The maximum Gasteiger partial charge on any atom is 0.319 e. The van der Waals surface area contributed by atoms with Crippen LogP contribution in [-0.2, 0) is 16.0 Å². The second-order valence-corrected chi connectivity index (χ2v) is 4.15. The predicted molar refractivity (Wildman–Crippen MR) is 71.3 cm³/mol. The highest BCUT2D eigenvalue weighted by atomic mass is 16.5. The monoisotopic (exact) mass is 266 g/mol. The molecule has 1 aromatic rings. The van der Waals surface area contributed by atoms with Gasteiger partial charge in [-0.3, -0.25) is 4.79 Å². The Kier molecular flexibility index (Phi) is 5.81. The Bertz CT molecular complexity index is 431. The number of carboxylic acids is 1. The molecule has 19 heavy (non-hydrogen) atoms. The van der Waals surface area contributed by atoms with E-state index in [0.29, 0.717) is 17.8 Å². The number of benzene rings is 1. The molecule has 0 aliphatic rings. The molecule has 104 valence electrons. The summed E-state index contributed by atoms with van der Waals surface area (Å²) in [5.74, 6) is -0.882. The van der Waals surface area contributed by atoms with Crippen molar-refractivity contribution in [1.82, 2.24) is 5.32 Å². The Hall–Kier alpha value is -2.08. The summed E-state index contributed by atoms with van der Waals surface area (Å²) in [5, 5.41) is 13.9. The van der Waals surface area contributed by atoms with Crippen molar-refractivity contribution in [1.29, 1.82) is 0 Å². The number of nitrogens with one attached hydrogen (secondary N) is 2. The summed E-state index contributed by atoms with van der Waals surface area (Å²) in [4.78, 5) is 22.0. The Balaban J connectivity index is 2.44. The number of urea groups is 1. The zero-order valence-electron chi connectivity index (χ0n) is 11.0. The molecule has 0 bridgehead atoms. The number of methoxy groups -OCH3 is 1. The van der Waals surface area contributed by atoms with Gasteiger partial charge in [0.2, 0.25) is 0 Å². The number of amides is 2. The van der Waals surface area contributed by atoms with Crippen molar-refractivity contribution in [3.63, 3.8) is 0 Å². The van der Waals surface area contributed by atoms with Crippen molar-refractivity contribution >= 4 is 17.7 Å². The quantitative estimate of drug-likeness (QED) is 0.727. The highest BCUT2D eigenvalue weighted by Gasteiger charge is 2.05. The Morgan fingerprint density at radius 1 is 1.32 bits per heavy atom. The molecule has 0 spiro atoms.